The lowest BCUT2D eigenvalue weighted by atomic mass is 10.1. The van der Waals surface area contributed by atoms with Crippen molar-refractivity contribution >= 4 is 16.8 Å². The molecule has 0 radical (unpaired) electrons. The molecule has 2 aromatic carbocycles. The second kappa shape index (κ2) is 8.31. The molecule has 1 unspecified atom stereocenters. The van der Waals surface area contributed by atoms with Gasteiger partial charge in [-0.2, -0.15) is 0 Å². The van der Waals surface area contributed by atoms with Crippen LogP contribution in [-0.2, 0) is 18.4 Å². The molecule has 0 aliphatic heterocycles. The summed E-state index contributed by atoms with van der Waals surface area (Å²) in [4.78, 5) is 44.1. The highest BCUT2D eigenvalue weighted by Gasteiger charge is 2.22. The lowest BCUT2D eigenvalue weighted by Crippen LogP contribution is -2.38. The number of methoxy groups -OCH3 is 1. The van der Waals surface area contributed by atoms with Crippen LogP contribution < -0.4 is 21.3 Å². The predicted octanol–water partition coefficient (Wildman–Crippen LogP) is 1.34. The molecular formula is C22H21N5O4. The number of carbonyl (C=O) groups excluding carboxylic acids is 1. The van der Waals surface area contributed by atoms with E-state index in [4.69, 9.17) is 4.74 Å². The van der Waals surface area contributed by atoms with Crippen molar-refractivity contribution in [3.05, 3.63) is 93.2 Å². The van der Waals surface area contributed by atoms with E-state index in [2.05, 4.69) is 15.3 Å². The summed E-state index contributed by atoms with van der Waals surface area (Å²) in [6, 6.07) is 13.4. The third-order valence-electron chi connectivity index (χ3n) is 5.08. The summed E-state index contributed by atoms with van der Waals surface area (Å²) in [6.45, 7) is -0.257. The molecule has 1 atom stereocenters. The number of hydrogen-bond acceptors (Lipinski definition) is 5. The monoisotopic (exact) mass is 419 g/mol. The zero-order valence-corrected chi connectivity index (χ0v) is 17.0. The highest BCUT2D eigenvalue weighted by Crippen LogP contribution is 2.23. The molecule has 2 N–H and O–H groups in total. The highest BCUT2D eigenvalue weighted by atomic mass is 16.5. The first-order valence-corrected chi connectivity index (χ1v) is 9.60. The minimum absolute atomic E-state index is 0.257. The molecular weight excluding hydrogens is 398 g/mol. The smallest absolute Gasteiger partial charge is 0.329 e. The van der Waals surface area contributed by atoms with Gasteiger partial charge in [0.2, 0.25) is 5.91 Å². The summed E-state index contributed by atoms with van der Waals surface area (Å²) in [7, 11) is 3.42. The molecule has 4 aromatic rings. The molecule has 31 heavy (non-hydrogen) atoms. The Morgan fingerprint density at radius 2 is 1.90 bits per heavy atom. The molecule has 1 amide bonds. The fourth-order valence-corrected chi connectivity index (χ4v) is 3.50. The molecule has 4 rings (SSSR count). The number of rotatable bonds is 6. The van der Waals surface area contributed by atoms with E-state index in [1.54, 1.807) is 55.9 Å². The highest BCUT2D eigenvalue weighted by molar-refractivity contribution is 5.81. The Morgan fingerprint density at radius 3 is 2.58 bits per heavy atom. The van der Waals surface area contributed by atoms with Crippen molar-refractivity contribution in [1.29, 1.82) is 0 Å². The maximum Gasteiger partial charge on any atom is 0.329 e. The van der Waals surface area contributed by atoms with Crippen LogP contribution in [0, 0.1) is 0 Å². The number of aromatic amines is 1. The first-order chi connectivity index (χ1) is 15.0. The SMILES string of the molecule is COc1ccc(C(NC(=O)Cn2c(=O)[nH]c(=O)c3ccccc32)c2nccn2C)cc1. The van der Waals surface area contributed by atoms with Crippen LogP contribution in [0.15, 0.2) is 70.5 Å². The normalized spacial score (nSPS) is 11.9. The van der Waals surface area contributed by atoms with E-state index in [1.807, 2.05) is 23.7 Å². The lowest BCUT2D eigenvalue weighted by molar-refractivity contribution is -0.122. The minimum atomic E-state index is -0.642. The maximum atomic E-state index is 13.0. The van der Waals surface area contributed by atoms with Gasteiger partial charge in [0, 0.05) is 19.4 Å². The first kappa shape index (κ1) is 20.1. The number of hydrogen-bond donors (Lipinski definition) is 2. The molecule has 158 valence electrons. The van der Waals surface area contributed by atoms with Crippen LogP contribution in [0.25, 0.3) is 10.9 Å². The molecule has 0 fully saturated rings. The minimum Gasteiger partial charge on any atom is -0.497 e. The van der Waals surface area contributed by atoms with Gasteiger partial charge in [-0.3, -0.25) is 19.1 Å². The number of amides is 1. The molecule has 0 aliphatic rings. The van der Waals surface area contributed by atoms with Crippen LogP contribution in [0.4, 0.5) is 0 Å². The van der Waals surface area contributed by atoms with Crippen molar-refractivity contribution in [2.24, 2.45) is 7.05 Å². The van der Waals surface area contributed by atoms with Crippen molar-refractivity contribution in [3.8, 4) is 5.75 Å². The lowest BCUT2D eigenvalue weighted by Gasteiger charge is -2.20. The van der Waals surface area contributed by atoms with Crippen LogP contribution >= 0.6 is 0 Å². The standard InChI is InChI=1S/C22H21N5O4/c1-26-12-11-23-20(26)19(14-7-9-15(31-2)10-8-14)24-18(28)13-27-17-6-4-3-5-16(17)21(29)25-22(27)30/h3-12,19H,13H2,1-2H3,(H,24,28)(H,25,29,30). The quantitative estimate of drug-likeness (QED) is 0.490. The molecule has 2 heterocycles. The Bertz CT molecular complexity index is 1350. The van der Waals surface area contributed by atoms with Crippen molar-refractivity contribution in [2.75, 3.05) is 7.11 Å². The Balaban J connectivity index is 1.68. The summed E-state index contributed by atoms with van der Waals surface area (Å²) in [5.41, 5.74) is 0.0738. The van der Waals surface area contributed by atoms with Gasteiger partial charge in [0.1, 0.15) is 24.2 Å². The van der Waals surface area contributed by atoms with Crippen LogP contribution in [0.1, 0.15) is 17.4 Å². The molecule has 9 nitrogen and oxygen atoms in total. The Hall–Kier alpha value is -4.14. The van der Waals surface area contributed by atoms with E-state index < -0.39 is 23.2 Å². The van der Waals surface area contributed by atoms with Crippen LogP contribution in [-0.4, -0.2) is 32.1 Å². The van der Waals surface area contributed by atoms with Gasteiger partial charge in [0.15, 0.2) is 0 Å². The zero-order chi connectivity index (χ0) is 22.0. The Morgan fingerprint density at radius 1 is 1.16 bits per heavy atom. The largest absolute Gasteiger partial charge is 0.497 e. The van der Waals surface area contributed by atoms with Gasteiger partial charge in [0.25, 0.3) is 5.56 Å². The zero-order valence-electron chi connectivity index (χ0n) is 17.0. The fraction of sp³-hybridized carbons (Fsp3) is 0.182. The van der Waals surface area contributed by atoms with Gasteiger partial charge in [-0.15, -0.1) is 0 Å². The van der Waals surface area contributed by atoms with Gasteiger partial charge in [-0.1, -0.05) is 24.3 Å². The predicted molar refractivity (Wildman–Crippen MR) is 115 cm³/mol. The molecule has 2 aromatic heterocycles. The number of aryl methyl sites for hydroxylation is 1. The summed E-state index contributed by atoms with van der Waals surface area (Å²) in [5.74, 6) is 0.931. The average Bonchev–Trinajstić information content (AvgIpc) is 3.20. The number of para-hydroxylation sites is 1. The van der Waals surface area contributed by atoms with Gasteiger partial charge >= 0.3 is 5.69 Å². The molecule has 0 saturated heterocycles. The van der Waals surface area contributed by atoms with E-state index in [0.717, 1.165) is 5.56 Å². The van der Waals surface area contributed by atoms with Gasteiger partial charge in [-0.05, 0) is 29.8 Å². The van der Waals surface area contributed by atoms with E-state index in [1.165, 1.54) is 4.57 Å². The second-order valence-electron chi connectivity index (χ2n) is 7.03. The second-order valence-corrected chi connectivity index (χ2v) is 7.03. The van der Waals surface area contributed by atoms with Crippen LogP contribution in [0.3, 0.4) is 0 Å². The van der Waals surface area contributed by atoms with Gasteiger partial charge in [-0.25, -0.2) is 9.78 Å². The van der Waals surface area contributed by atoms with Crippen LogP contribution in [0.5, 0.6) is 5.75 Å². The number of H-pyrrole nitrogens is 1. The van der Waals surface area contributed by atoms with Crippen LogP contribution in [0.2, 0.25) is 0 Å². The number of ether oxygens (including phenoxy) is 1. The number of carbonyl (C=O) groups is 1. The molecule has 0 saturated carbocycles. The van der Waals surface area contributed by atoms with Crippen molar-refractivity contribution < 1.29 is 9.53 Å². The summed E-state index contributed by atoms with van der Waals surface area (Å²) >= 11 is 0. The third kappa shape index (κ3) is 3.97. The summed E-state index contributed by atoms with van der Waals surface area (Å²) in [6.07, 6.45) is 3.44. The molecule has 0 spiro atoms. The molecule has 9 heteroatoms. The summed E-state index contributed by atoms with van der Waals surface area (Å²) in [5, 5.41) is 3.29. The topological polar surface area (TPSA) is 111 Å². The third-order valence-corrected chi connectivity index (χ3v) is 5.08. The Labute approximate surface area is 176 Å². The number of nitrogens with zero attached hydrogens (tertiary/aromatic N) is 3. The number of nitrogens with one attached hydrogen (secondary N) is 2. The molecule has 0 aliphatic carbocycles. The number of imidazole rings is 1. The first-order valence-electron chi connectivity index (χ1n) is 9.60. The van der Waals surface area contributed by atoms with Crippen molar-refractivity contribution in [2.45, 2.75) is 12.6 Å². The van der Waals surface area contributed by atoms with E-state index in [-0.39, 0.29) is 6.54 Å². The van der Waals surface area contributed by atoms with Crippen molar-refractivity contribution in [1.82, 2.24) is 24.4 Å². The fourth-order valence-electron chi connectivity index (χ4n) is 3.50. The van der Waals surface area contributed by atoms with Crippen molar-refractivity contribution in [3.63, 3.8) is 0 Å². The number of fused-ring (bicyclic) bond motifs is 1. The average molecular weight is 419 g/mol. The van der Waals surface area contributed by atoms with Gasteiger partial charge < -0.3 is 14.6 Å². The van der Waals surface area contributed by atoms with E-state index >= 15 is 0 Å². The van der Waals surface area contributed by atoms with E-state index in [0.29, 0.717) is 22.5 Å². The maximum absolute atomic E-state index is 13.0. The Kier molecular flexibility index (Phi) is 5.40. The molecule has 0 bridgehead atoms. The number of aromatic nitrogens is 4. The summed E-state index contributed by atoms with van der Waals surface area (Å²) < 4.78 is 8.27. The van der Waals surface area contributed by atoms with Gasteiger partial charge in [0.05, 0.1) is 18.0 Å². The van der Waals surface area contributed by atoms with E-state index in [9.17, 15) is 14.4 Å². The number of benzene rings is 2.